The van der Waals surface area contributed by atoms with E-state index in [1.165, 1.54) is 0 Å². The van der Waals surface area contributed by atoms with Gasteiger partial charge in [0.15, 0.2) is 0 Å². The Labute approximate surface area is 126 Å². The van der Waals surface area contributed by atoms with Gasteiger partial charge in [0.1, 0.15) is 5.75 Å². The van der Waals surface area contributed by atoms with E-state index in [0.29, 0.717) is 23.4 Å². The van der Waals surface area contributed by atoms with Crippen molar-refractivity contribution in [1.29, 1.82) is 0 Å². The predicted octanol–water partition coefficient (Wildman–Crippen LogP) is 4.71. The first-order valence-corrected chi connectivity index (χ1v) is 7.64. The summed E-state index contributed by atoms with van der Waals surface area (Å²) in [5, 5.41) is 4.79. The van der Waals surface area contributed by atoms with E-state index in [4.69, 9.17) is 27.9 Å². The molecule has 0 amide bonds. The molecule has 1 rings (SSSR count). The summed E-state index contributed by atoms with van der Waals surface area (Å²) >= 11 is 12.4. The molecular weight excluding hydrogens is 281 g/mol. The highest BCUT2D eigenvalue weighted by Crippen LogP contribution is 2.31. The van der Waals surface area contributed by atoms with Crippen LogP contribution in [-0.2, 0) is 6.42 Å². The molecule has 108 valence electrons. The summed E-state index contributed by atoms with van der Waals surface area (Å²) in [6.45, 7) is 7.88. The Hall–Kier alpha value is -0.440. The number of aryl methyl sites for hydroxylation is 1. The Morgan fingerprint density at radius 3 is 2.53 bits per heavy atom. The lowest BCUT2D eigenvalue weighted by Crippen LogP contribution is -2.23. The smallest absolute Gasteiger partial charge is 0.139 e. The van der Waals surface area contributed by atoms with E-state index in [0.717, 1.165) is 36.4 Å². The number of ether oxygens (including phenoxy) is 1. The summed E-state index contributed by atoms with van der Waals surface area (Å²) < 4.78 is 5.42. The van der Waals surface area contributed by atoms with Crippen molar-refractivity contribution in [3.8, 4) is 5.75 Å². The van der Waals surface area contributed by atoms with Gasteiger partial charge in [-0.3, -0.25) is 0 Å². The lowest BCUT2D eigenvalue weighted by atomic mass is 10.1. The van der Waals surface area contributed by atoms with Crippen LogP contribution in [0.5, 0.6) is 5.75 Å². The maximum absolute atomic E-state index is 6.25. The van der Waals surface area contributed by atoms with Crippen molar-refractivity contribution in [2.24, 2.45) is 0 Å². The molecule has 19 heavy (non-hydrogen) atoms. The molecule has 0 radical (unpaired) electrons. The Balaban J connectivity index is 2.48. The van der Waals surface area contributed by atoms with E-state index >= 15 is 0 Å². The normalized spacial score (nSPS) is 11.1. The topological polar surface area (TPSA) is 21.3 Å². The van der Waals surface area contributed by atoms with Crippen molar-refractivity contribution in [3.05, 3.63) is 27.7 Å². The largest absolute Gasteiger partial charge is 0.492 e. The molecule has 0 unspecified atom stereocenters. The van der Waals surface area contributed by atoms with Crippen LogP contribution in [0.3, 0.4) is 0 Å². The molecule has 0 aromatic heterocycles. The Morgan fingerprint density at radius 2 is 1.89 bits per heavy atom. The van der Waals surface area contributed by atoms with Gasteiger partial charge in [-0.25, -0.2) is 0 Å². The van der Waals surface area contributed by atoms with Gasteiger partial charge in [-0.05, 0) is 44.4 Å². The average Bonchev–Trinajstić information content (AvgIpc) is 2.34. The maximum atomic E-state index is 6.25. The highest BCUT2D eigenvalue weighted by atomic mass is 35.5. The van der Waals surface area contributed by atoms with Crippen molar-refractivity contribution in [2.75, 3.05) is 13.2 Å². The first-order valence-electron chi connectivity index (χ1n) is 6.88. The van der Waals surface area contributed by atoms with Crippen LogP contribution < -0.4 is 10.1 Å². The fraction of sp³-hybridized carbons (Fsp3) is 0.600. The van der Waals surface area contributed by atoms with Crippen molar-refractivity contribution in [2.45, 2.75) is 46.1 Å². The van der Waals surface area contributed by atoms with E-state index < -0.39 is 0 Å². The first-order chi connectivity index (χ1) is 9.04. The molecule has 0 saturated heterocycles. The predicted molar refractivity (Wildman–Crippen MR) is 83.7 cm³/mol. The number of halogens is 2. The quantitative estimate of drug-likeness (QED) is 0.702. The minimum atomic E-state index is 0.545. The van der Waals surface area contributed by atoms with Crippen LogP contribution in [-0.4, -0.2) is 19.2 Å². The zero-order valence-corrected chi connectivity index (χ0v) is 13.4. The van der Waals surface area contributed by atoms with Gasteiger partial charge in [-0.2, -0.15) is 0 Å². The molecule has 4 heteroatoms. The van der Waals surface area contributed by atoms with E-state index in [1.54, 1.807) is 0 Å². The molecule has 0 aliphatic heterocycles. The fourth-order valence-corrected chi connectivity index (χ4v) is 2.35. The number of hydrogen-bond acceptors (Lipinski definition) is 2. The minimum absolute atomic E-state index is 0.545. The molecule has 0 aliphatic carbocycles. The number of hydrogen-bond donors (Lipinski definition) is 1. The molecule has 1 aromatic rings. The van der Waals surface area contributed by atoms with E-state index in [-0.39, 0.29) is 0 Å². The summed E-state index contributed by atoms with van der Waals surface area (Å²) in [7, 11) is 0. The summed E-state index contributed by atoms with van der Waals surface area (Å²) in [4.78, 5) is 0. The van der Waals surface area contributed by atoms with Crippen molar-refractivity contribution in [1.82, 2.24) is 5.32 Å². The third kappa shape index (κ3) is 6.03. The second kappa shape index (κ2) is 8.68. The second-order valence-electron chi connectivity index (χ2n) is 4.87. The van der Waals surface area contributed by atoms with Crippen LogP contribution in [0.1, 0.15) is 39.2 Å². The van der Waals surface area contributed by atoms with Crippen molar-refractivity contribution >= 4 is 23.2 Å². The van der Waals surface area contributed by atoms with Crippen molar-refractivity contribution in [3.63, 3.8) is 0 Å². The standard InChI is InChI=1S/C15H23Cl2NO/c1-4-19-15-10-13(16)12(9-14(15)17)7-5-6-8-18-11(2)3/h9-11,18H,4-8H2,1-3H3. The van der Waals surface area contributed by atoms with Gasteiger partial charge in [-0.15, -0.1) is 0 Å². The number of benzene rings is 1. The summed E-state index contributed by atoms with van der Waals surface area (Å²) in [5.74, 6) is 0.666. The molecule has 0 fully saturated rings. The highest BCUT2D eigenvalue weighted by molar-refractivity contribution is 6.34. The van der Waals surface area contributed by atoms with Gasteiger partial charge in [0.05, 0.1) is 11.6 Å². The van der Waals surface area contributed by atoms with Gasteiger partial charge >= 0.3 is 0 Å². The average molecular weight is 304 g/mol. The van der Waals surface area contributed by atoms with Crippen LogP contribution in [0.4, 0.5) is 0 Å². The molecule has 1 N–H and O–H groups in total. The van der Waals surface area contributed by atoms with E-state index in [1.807, 2.05) is 19.1 Å². The third-order valence-corrected chi connectivity index (χ3v) is 3.47. The monoisotopic (exact) mass is 303 g/mol. The second-order valence-corrected chi connectivity index (χ2v) is 5.69. The molecular formula is C15H23Cl2NO. The Bertz CT molecular complexity index is 394. The maximum Gasteiger partial charge on any atom is 0.139 e. The third-order valence-electron chi connectivity index (χ3n) is 2.83. The molecule has 0 atom stereocenters. The van der Waals surface area contributed by atoms with E-state index in [9.17, 15) is 0 Å². The summed E-state index contributed by atoms with van der Waals surface area (Å²) in [6.07, 6.45) is 3.19. The van der Waals surface area contributed by atoms with Gasteiger partial charge < -0.3 is 10.1 Å². The summed E-state index contributed by atoms with van der Waals surface area (Å²) in [6, 6.07) is 4.28. The van der Waals surface area contributed by atoms with Crippen LogP contribution in [0.2, 0.25) is 10.0 Å². The molecule has 0 saturated carbocycles. The van der Waals surface area contributed by atoms with Gasteiger partial charge in [0.2, 0.25) is 0 Å². The number of nitrogens with one attached hydrogen (secondary N) is 1. The number of unbranched alkanes of at least 4 members (excludes halogenated alkanes) is 1. The van der Waals surface area contributed by atoms with Crippen LogP contribution in [0, 0.1) is 0 Å². The Morgan fingerprint density at radius 1 is 1.16 bits per heavy atom. The first kappa shape index (κ1) is 16.6. The van der Waals surface area contributed by atoms with Gasteiger partial charge in [0, 0.05) is 17.1 Å². The van der Waals surface area contributed by atoms with Crippen molar-refractivity contribution < 1.29 is 4.74 Å². The van der Waals surface area contributed by atoms with Crippen LogP contribution >= 0.6 is 23.2 Å². The number of rotatable bonds is 8. The molecule has 2 nitrogen and oxygen atoms in total. The van der Waals surface area contributed by atoms with Gasteiger partial charge in [-0.1, -0.05) is 37.0 Å². The summed E-state index contributed by atoms with van der Waals surface area (Å²) in [5.41, 5.74) is 1.10. The van der Waals surface area contributed by atoms with Crippen LogP contribution in [0.15, 0.2) is 12.1 Å². The molecule has 0 spiro atoms. The zero-order chi connectivity index (χ0) is 14.3. The lowest BCUT2D eigenvalue weighted by molar-refractivity contribution is 0.340. The molecule has 1 aromatic carbocycles. The molecule has 0 bridgehead atoms. The van der Waals surface area contributed by atoms with E-state index in [2.05, 4.69) is 19.2 Å². The SMILES string of the molecule is CCOc1cc(Cl)c(CCCCNC(C)C)cc1Cl. The Kier molecular flexibility index (Phi) is 7.59. The zero-order valence-electron chi connectivity index (χ0n) is 11.9. The highest BCUT2D eigenvalue weighted by Gasteiger charge is 2.08. The molecule has 0 heterocycles. The van der Waals surface area contributed by atoms with Crippen LogP contribution in [0.25, 0.3) is 0 Å². The van der Waals surface area contributed by atoms with Gasteiger partial charge in [0.25, 0.3) is 0 Å². The fourth-order valence-electron chi connectivity index (χ4n) is 1.86. The lowest BCUT2D eigenvalue weighted by Gasteiger charge is -2.11. The minimum Gasteiger partial charge on any atom is -0.492 e. The molecule has 0 aliphatic rings.